The molecule has 7 heavy (non-hydrogen) atoms. The molecule has 0 nitrogen and oxygen atoms in total. The third-order valence-corrected chi connectivity index (χ3v) is 0. The summed E-state index contributed by atoms with van der Waals surface area (Å²) in [4.78, 5) is 0. The van der Waals surface area contributed by atoms with E-state index in [1.807, 2.05) is 0 Å². The van der Waals surface area contributed by atoms with Crippen LogP contribution in [-0.4, -0.2) is 0 Å². The fraction of sp³-hybridized carbons (Fsp3) is 0. The van der Waals surface area contributed by atoms with Crippen molar-refractivity contribution in [2.24, 2.45) is 0 Å². The van der Waals surface area contributed by atoms with Crippen LogP contribution in [0.4, 0.5) is 0 Å². The maximum absolute atomic E-state index is 3.36. The van der Waals surface area contributed by atoms with E-state index in [1.54, 1.807) is 0 Å². The number of hydrogen-bond donors (Lipinski definition) is 0. The Labute approximate surface area is 80.1 Å². The van der Waals surface area contributed by atoms with Crippen molar-refractivity contribution in [2.75, 3.05) is 0 Å². The van der Waals surface area contributed by atoms with E-state index in [0.29, 0.717) is 0 Å². The van der Waals surface area contributed by atoms with Crippen molar-refractivity contribution < 1.29 is 0.772 Å². The summed E-state index contributed by atoms with van der Waals surface area (Å²) in [6.07, 6.45) is 0. The molecule has 0 amide bonds. The Balaban J connectivity index is 4.43. The molecular formula is Br6Os. The zero-order valence-corrected chi connectivity index (χ0v) is 14.7. The molecule has 0 N–H and O–H groups in total. The van der Waals surface area contributed by atoms with Crippen LogP contribution in [0.2, 0.25) is 0 Å². The second kappa shape index (κ2) is 2.01. The van der Waals surface area contributed by atoms with E-state index >= 15 is 0 Å². The van der Waals surface area contributed by atoms with Gasteiger partial charge >= 0.3 is 82.1 Å². The van der Waals surface area contributed by atoms with Crippen molar-refractivity contribution in [1.29, 1.82) is 0 Å². The topological polar surface area (TPSA) is 0 Å². The van der Waals surface area contributed by atoms with Crippen molar-refractivity contribution in [3.05, 3.63) is 0 Å². The second-order valence-electron chi connectivity index (χ2n) is 0.758. The molecule has 0 aliphatic rings. The molecule has 0 atom stereocenters. The monoisotopic (exact) mass is 665 g/mol. The molecule has 0 bridgehead atoms. The van der Waals surface area contributed by atoms with E-state index in [2.05, 4.69) is 81.4 Å². The molecule has 0 aromatic carbocycles. The Kier molecular flexibility index (Phi) is 3.02. The number of halogens is 6. The molecule has 0 rings (SSSR count). The van der Waals surface area contributed by atoms with Gasteiger partial charge < -0.3 is 0 Å². The van der Waals surface area contributed by atoms with Crippen LogP contribution in [0.15, 0.2) is 0 Å². The van der Waals surface area contributed by atoms with Crippen LogP contribution in [-0.2, 0) is 0.772 Å². The summed E-state index contributed by atoms with van der Waals surface area (Å²) in [5, 5.41) is 0. The Morgan fingerprint density at radius 1 is 0.571 bits per heavy atom. The van der Waals surface area contributed by atoms with E-state index in [1.165, 1.54) is 0 Å². The van der Waals surface area contributed by atoms with E-state index in [9.17, 15) is 0 Å². The van der Waals surface area contributed by atoms with Gasteiger partial charge in [0.15, 0.2) is 0 Å². The third-order valence-electron chi connectivity index (χ3n) is 0. The maximum atomic E-state index is 3.36. The summed E-state index contributed by atoms with van der Waals surface area (Å²) >= 11 is 20.2. The zero-order valence-electron chi connectivity index (χ0n) is 2.62. The molecule has 50 valence electrons. The molecule has 0 aromatic rings. The van der Waals surface area contributed by atoms with E-state index in [0.717, 1.165) is 0 Å². The summed E-state index contributed by atoms with van der Waals surface area (Å²) < 4.78 is -3.34. The van der Waals surface area contributed by atoms with E-state index in [4.69, 9.17) is 0 Å². The van der Waals surface area contributed by atoms with Gasteiger partial charge in [-0.05, 0) is 0 Å². The molecule has 0 aromatic heterocycles. The molecule has 0 saturated carbocycles. The predicted molar refractivity (Wildman–Crippen MR) is 53.6 cm³/mol. The molecule has 0 aliphatic carbocycles. The van der Waals surface area contributed by atoms with E-state index < -0.39 is 0.772 Å². The van der Waals surface area contributed by atoms with Gasteiger partial charge in [-0.25, -0.2) is 0 Å². The Morgan fingerprint density at radius 2 is 0.571 bits per heavy atom. The van der Waals surface area contributed by atoms with Crippen LogP contribution in [0.3, 0.4) is 0 Å². The molecule has 0 radical (unpaired) electrons. The Morgan fingerprint density at radius 3 is 0.571 bits per heavy atom. The number of rotatable bonds is 0. The van der Waals surface area contributed by atoms with Crippen molar-refractivity contribution in [1.82, 2.24) is 0 Å². The Bertz CT molecular complexity index is 62.7. The molecule has 0 spiro atoms. The molecule has 0 saturated heterocycles. The molecule has 0 heterocycles. The zero-order chi connectivity index (χ0) is 6.41. The summed E-state index contributed by atoms with van der Waals surface area (Å²) in [6.45, 7) is 0. The van der Waals surface area contributed by atoms with Gasteiger partial charge in [-0.2, -0.15) is 0 Å². The first-order chi connectivity index (χ1) is 2.45. The summed E-state index contributed by atoms with van der Waals surface area (Å²) in [5.41, 5.74) is 0. The Hall–Kier alpha value is 3.52. The van der Waals surface area contributed by atoms with Gasteiger partial charge in [0.25, 0.3) is 0 Å². The molecular weight excluding hydrogens is 670 g/mol. The first-order valence-electron chi connectivity index (χ1n) is 0.802. The minimum atomic E-state index is -3.34. The van der Waals surface area contributed by atoms with Crippen molar-refractivity contribution >= 4 is 81.4 Å². The summed E-state index contributed by atoms with van der Waals surface area (Å²) in [6, 6.07) is 0. The van der Waals surface area contributed by atoms with Crippen molar-refractivity contribution in [3.8, 4) is 0 Å². The van der Waals surface area contributed by atoms with Gasteiger partial charge in [0.1, 0.15) is 0 Å². The molecule has 0 unspecified atom stereocenters. The first kappa shape index (κ1) is 10.5. The standard InChI is InChI=1S/6BrH.Os/h6*1H;/q;;;;;;+6/p-6. The third kappa shape index (κ3) is 43.5. The van der Waals surface area contributed by atoms with Crippen molar-refractivity contribution in [2.45, 2.75) is 0 Å². The van der Waals surface area contributed by atoms with Crippen LogP contribution in [0.25, 0.3) is 0 Å². The fourth-order valence-electron chi connectivity index (χ4n) is 0. The van der Waals surface area contributed by atoms with E-state index in [-0.39, 0.29) is 0 Å². The normalized spacial score (nSPS) is 23.1. The summed E-state index contributed by atoms with van der Waals surface area (Å²) in [7, 11) is 0. The van der Waals surface area contributed by atoms with Crippen LogP contribution in [0.5, 0.6) is 0 Å². The minimum absolute atomic E-state index is 3.34. The SMILES string of the molecule is [Br][Os]([Br])([Br])([Br])([Br])[Br]. The average Bonchev–Trinajstić information content (AvgIpc) is 0.592. The average molecular weight is 670 g/mol. The second-order valence-corrected chi connectivity index (χ2v) is 167. The van der Waals surface area contributed by atoms with Crippen LogP contribution in [0, 0.1) is 0 Å². The van der Waals surface area contributed by atoms with Crippen molar-refractivity contribution in [3.63, 3.8) is 0 Å². The number of hydrogen-bond acceptors (Lipinski definition) is 0. The van der Waals surface area contributed by atoms with Crippen LogP contribution < -0.4 is 0 Å². The molecule has 0 fully saturated rings. The summed E-state index contributed by atoms with van der Waals surface area (Å²) in [5.74, 6) is 0. The fourth-order valence-corrected chi connectivity index (χ4v) is 0. The molecule has 7 heteroatoms. The van der Waals surface area contributed by atoms with Gasteiger partial charge in [0, 0.05) is 0 Å². The van der Waals surface area contributed by atoms with Gasteiger partial charge in [0.05, 0.1) is 0 Å². The van der Waals surface area contributed by atoms with Crippen LogP contribution in [0.1, 0.15) is 0 Å². The first-order valence-corrected chi connectivity index (χ1v) is 34.1. The van der Waals surface area contributed by atoms with Gasteiger partial charge in [-0.15, -0.1) is 0 Å². The van der Waals surface area contributed by atoms with Gasteiger partial charge in [0.2, 0.25) is 0 Å². The molecule has 0 aliphatic heterocycles. The quantitative estimate of drug-likeness (QED) is 0.338. The predicted octanol–water partition coefficient (Wildman–Crippen LogP) is 5.07. The van der Waals surface area contributed by atoms with Gasteiger partial charge in [-0.3, -0.25) is 0 Å². The van der Waals surface area contributed by atoms with Gasteiger partial charge in [-0.1, -0.05) is 0 Å². The van der Waals surface area contributed by atoms with Crippen LogP contribution >= 0.6 is 81.4 Å².